The number of Topliss-reactive ketones (excluding diaryl/α,β-unsaturated/α-hetero) is 1. The van der Waals surface area contributed by atoms with Gasteiger partial charge in [-0.25, -0.2) is 0 Å². The molecule has 4 saturated carbocycles. The fourth-order valence-electron chi connectivity index (χ4n) is 7.40. The largest absolute Gasteiger partial charge is 0.427 e. The van der Waals surface area contributed by atoms with Crippen molar-refractivity contribution in [2.75, 3.05) is 6.54 Å². The lowest BCUT2D eigenvalue weighted by Crippen LogP contribution is -2.53. The minimum atomic E-state index is -0.391. The van der Waals surface area contributed by atoms with E-state index in [4.69, 9.17) is 10.4 Å². The summed E-state index contributed by atoms with van der Waals surface area (Å²) in [6.07, 6.45) is 22.4. The molecule has 4 aliphatic rings. The number of fused-ring (bicyclic) bond motifs is 6. The molecule has 36 heavy (non-hydrogen) atoms. The summed E-state index contributed by atoms with van der Waals surface area (Å²) in [4.78, 5) is 25.9. The van der Waals surface area contributed by atoms with E-state index in [9.17, 15) is 9.59 Å². The van der Waals surface area contributed by atoms with Crippen LogP contribution in [-0.2, 0) is 9.45 Å². The Bertz CT molecular complexity index is 657. The third-order valence-corrected chi connectivity index (χ3v) is 10.0. The van der Waals surface area contributed by atoms with Crippen molar-refractivity contribution < 1.29 is 14.2 Å². The number of ketones is 1. The number of amides is 1. The standard InChI is InChI=1S/C30H54BN2O3/c1-23-24-15-9-8-10-16-25(21-20-24)30(23,2)28(34)27(32)19-13-14-22-33-29(35)31-36-26-17-11-6-4-3-5-7-12-18-26/h23-27H,3-22,32H2,1-2H3,(H,33,35). The number of carbonyl (C=O) groups is 2. The summed E-state index contributed by atoms with van der Waals surface area (Å²) < 4.78 is 5.84. The van der Waals surface area contributed by atoms with Crippen molar-refractivity contribution in [3.63, 3.8) is 0 Å². The van der Waals surface area contributed by atoms with Gasteiger partial charge >= 0.3 is 7.48 Å². The summed E-state index contributed by atoms with van der Waals surface area (Å²) in [5.74, 6) is 1.74. The molecule has 2 bridgehead atoms. The van der Waals surface area contributed by atoms with Crippen molar-refractivity contribution in [3.8, 4) is 0 Å². The molecule has 4 rings (SSSR count). The Morgan fingerprint density at radius 2 is 1.50 bits per heavy atom. The van der Waals surface area contributed by atoms with Crippen LogP contribution in [0.2, 0.25) is 0 Å². The molecule has 0 aromatic heterocycles. The van der Waals surface area contributed by atoms with E-state index >= 15 is 0 Å². The molecule has 0 spiro atoms. The first-order chi connectivity index (χ1) is 17.4. The van der Waals surface area contributed by atoms with Crippen LogP contribution in [0.1, 0.15) is 136 Å². The molecule has 5 atom stereocenters. The van der Waals surface area contributed by atoms with Crippen LogP contribution in [0.15, 0.2) is 0 Å². The second-order valence-corrected chi connectivity index (χ2v) is 12.4. The van der Waals surface area contributed by atoms with Gasteiger partial charge in [-0.05, 0) is 69.1 Å². The summed E-state index contributed by atoms with van der Waals surface area (Å²) in [5, 5.41) is 2.95. The zero-order chi connectivity index (χ0) is 25.8. The van der Waals surface area contributed by atoms with E-state index < -0.39 is 6.04 Å². The third-order valence-electron chi connectivity index (χ3n) is 10.0. The molecule has 4 aliphatic carbocycles. The molecule has 0 aromatic carbocycles. The van der Waals surface area contributed by atoms with E-state index in [2.05, 4.69) is 19.2 Å². The predicted octanol–water partition coefficient (Wildman–Crippen LogP) is 6.92. The SMILES string of the molecule is CC1C2CCCCCC(CC2)C1(C)C(=O)C(N)CCCCNC(=O)[B]OC1CCCCCCCCC1. The van der Waals surface area contributed by atoms with Gasteiger partial charge in [0.1, 0.15) is 0 Å². The Morgan fingerprint density at radius 1 is 0.889 bits per heavy atom. The van der Waals surface area contributed by atoms with Gasteiger partial charge in [-0.3, -0.25) is 9.59 Å². The summed E-state index contributed by atoms with van der Waals surface area (Å²) in [5.41, 5.74) is 6.23. The van der Waals surface area contributed by atoms with Gasteiger partial charge in [-0.2, -0.15) is 0 Å². The van der Waals surface area contributed by atoms with E-state index in [0.29, 0.717) is 36.5 Å². The maximum absolute atomic E-state index is 13.7. The molecule has 5 unspecified atom stereocenters. The van der Waals surface area contributed by atoms with E-state index in [1.807, 2.05) is 0 Å². The average Bonchev–Trinajstić information content (AvgIpc) is 3.04. The normalized spacial score (nSPS) is 31.5. The molecule has 0 saturated heterocycles. The maximum Gasteiger partial charge on any atom is 0.407 e. The zero-order valence-corrected chi connectivity index (χ0v) is 23.4. The van der Waals surface area contributed by atoms with Gasteiger partial charge in [0, 0.05) is 18.1 Å². The molecular formula is C30H54BN2O3. The number of carbonyl (C=O) groups excluding carboxylic acids is 2. The second-order valence-electron chi connectivity index (χ2n) is 12.4. The average molecular weight is 502 g/mol. The van der Waals surface area contributed by atoms with Crippen molar-refractivity contribution in [1.29, 1.82) is 0 Å². The molecule has 6 heteroatoms. The van der Waals surface area contributed by atoms with Crippen LogP contribution in [0.3, 0.4) is 0 Å². The Hall–Kier alpha value is -0.875. The van der Waals surface area contributed by atoms with Crippen LogP contribution in [-0.4, -0.2) is 37.8 Å². The van der Waals surface area contributed by atoms with Crippen LogP contribution >= 0.6 is 0 Å². The number of unbranched alkanes of at least 4 members (excludes halogenated alkanes) is 1. The van der Waals surface area contributed by atoms with Gasteiger partial charge in [-0.1, -0.05) is 84.5 Å². The summed E-state index contributed by atoms with van der Waals surface area (Å²) in [6, 6.07) is -0.391. The van der Waals surface area contributed by atoms with Crippen molar-refractivity contribution in [2.24, 2.45) is 28.9 Å². The highest BCUT2D eigenvalue weighted by atomic mass is 16.4. The molecule has 0 aromatic rings. The van der Waals surface area contributed by atoms with E-state index in [1.165, 1.54) is 97.4 Å². The van der Waals surface area contributed by atoms with Gasteiger partial charge in [-0.15, -0.1) is 0 Å². The first-order valence-corrected chi connectivity index (χ1v) is 15.5. The summed E-state index contributed by atoms with van der Waals surface area (Å²) in [6.45, 7) is 5.15. The number of rotatable bonds is 10. The Balaban J connectivity index is 1.34. The second kappa shape index (κ2) is 15.5. The van der Waals surface area contributed by atoms with Crippen LogP contribution in [0.4, 0.5) is 4.79 Å². The minimum Gasteiger partial charge on any atom is -0.427 e. The van der Waals surface area contributed by atoms with Gasteiger partial charge in [0.2, 0.25) is 5.81 Å². The number of hydrogen-bond donors (Lipinski definition) is 2. The highest BCUT2D eigenvalue weighted by Gasteiger charge is 2.51. The zero-order valence-electron chi connectivity index (χ0n) is 23.4. The highest BCUT2D eigenvalue weighted by Crippen LogP contribution is 2.53. The Labute approximate surface area is 222 Å². The van der Waals surface area contributed by atoms with Crippen LogP contribution in [0.25, 0.3) is 0 Å². The van der Waals surface area contributed by atoms with Crippen LogP contribution < -0.4 is 11.1 Å². The van der Waals surface area contributed by atoms with Crippen molar-refractivity contribution in [2.45, 2.75) is 148 Å². The van der Waals surface area contributed by atoms with Crippen molar-refractivity contribution in [1.82, 2.24) is 5.32 Å². The molecular weight excluding hydrogens is 447 g/mol. The first kappa shape index (κ1) is 29.7. The molecule has 5 nitrogen and oxygen atoms in total. The highest BCUT2D eigenvalue weighted by molar-refractivity contribution is 6.68. The minimum absolute atomic E-state index is 0.143. The Kier molecular flexibility index (Phi) is 12.8. The third kappa shape index (κ3) is 8.58. The van der Waals surface area contributed by atoms with E-state index in [1.54, 1.807) is 0 Å². The monoisotopic (exact) mass is 501 g/mol. The lowest BCUT2D eigenvalue weighted by atomic mass is 9.54. The lowest BCUT2D eigenvalue weighted by Gasteiger charge is -2.49. The van der Waals surface area contributed by atoms with Crippen LogP contribution in [0.5, 0.6) is 0 Å². The maximum atomic E-state index is 13.7. The van der Waals surface area contributed by atoms with E-state index in [-0.39, 0.29) is 17.3 Å². The molecule has 1 radical (unpaired) electrons. The van der Waals surface area contributed by atoms with Crippen molar-refractivity contribution in [3.05, 3.63) is 0 Å². The van der Waals surface area contributed by atoms with Gasteiger partial charge in [0.15, 0.2) is 5.78 Å². The molecule has 0 heterocycles. The van der Waals surface area contributed by atoms with Gasteiger partial charge in [0.05, 0.1) is 6.04 Å². The molecule has 1 amide bonds. The first-order valence-electron chi connectivity index (χ1n) is 15.5. The number of nitrogens with two attached hydrogens (primary N) is 1. The topological polar surface area (TPSA) is 81.4 Å². The fraction of sp³-hybridized carbons (Fsp3) is 0.933. The molecule has 0 aliphatic heterocycles. The number of nitrogens with one attached hydrogen (secondary N) is 1. The van der Waals surface area contributed by atoms with E-state index in [0.717, 1.165) is 25.7 Å². The smallest absolute Gasteiger partial charge is 0.407 e. The quantitative estimate of drug-likeness (QED) is 0.251. The predicted molar refractivity (Wildman–Crippen MR) is 149 cm³/mol. The molecule has 4 fully saturated rings. The summed E-state index contributed by atoms with van der Waals surface area (Å²) in [7, 11) is 1.39. The number of hydrogen-bond acceptors (Lipinski definition) is 4. The van der Waals surface area contributed by atoms with Gasteiger partial charge < -0.3 is 15.7 Å². The van der Waals surface area contributed by atoms with Crippen molar-refractivity contribution >= 4 is 19.1 Å². The lowest BCUT2D eigenvalue weighted by molar-refractivity contribution is -0.141. The fourth-order valence-corrected chi connectivity index (χ4v) is 7.40. The van der Waals surface area contributed by atoms with Crippen LogP contribution in [0, 0.1) is 23.2 Å². The molecule has 3 N–H and O–H groups in total. The Morgan fingerprint density at radius 3 is 2.22 bits per heavy atom. The molecule has 205 valence electrons. The summed E-state index contributed by atoms with van der Waals surface area (Å²) >= 11 is 0. The van der Waals surface area contributed by atoms with Gasteiger partial charge in [0.25, 0.3) is 0 Å².